The van der Waals surface area contributed by atoms with Crippen LogP contribution in [0.2, 0.25) is 0 Å². The minimum absolute atomic E-state index is 0.0554. The summed E-state index contributed by atoms with van der Waals surface area (Å²) in [5.41, 5.74) is 0. The van der Waals surface area contributed by atoms with E-state index in [2.05, 4.69) is 13.8 Å². The number of hydrogen-bond acceptors (Lipinski definition) is 30. The first kappa shape index (κ1) is 135. The topological polar surface area (TPSA) is 512 Å². The molecule has 0 heterocycles. The first-order valence-corrected chi connectivity index (χ1v) is 55.1. The highest BCUT2D eigenvalue weighted by molar-refractivity contribution is 7.60. The Morgan fingerprint density at radius 3 is 0.942 bits per heavy atom. The molecule has 0 aromatic carbocycles. The second-order valence-corrected chi connectivity index (χ2v) is 45.3. The first-order valence-electron chi connectivity index (χ1n) is 40.7. The van der Waals surface area contributed by atoms with Crippen molar-refractivity contribution in [3.8, 4) is 0 Å². The van der Waals surface area contributed by atoms with Crippen molar-refractivity contribution in [1.82, 2.24) is 0 Å². The quantitative estimate of drug-likeness (QED) is 0.0142. The van der Waals surface area contributed by atoms with Gasteiger partial charge >= 0.3 is 67.6 Å². The number of unbranched alkanes of at least 4 members (excludes halogenated alkanes) is 3. The third-order valence-corrected chi connectivity index (χ3v) is 30.0. The zero-order valence-electron chi connectivity index (χ0n) is 75.4. The minimum atomic E-state index is -3.11. The average molecular weight is 1900 g/mol. The molecule has 6 unspecified atom stereocenters. The van der Waals surface area contributed by atoms with Crippen molar-refractivity contribution in [3.63, 3.8) is 0 Å². The van der Waals surface area contributed by atoms with E-state index in [1.165, 1.54) is 25.4 Å². The van der Waals surface area contributed by atoms with Gasteiger partial charge < -0.3 is 87.7 Å². The van der Waals surface area contributed by atoms with E-state index in [1.807, 2.05) is 55.4 Å². The summed E-state index contributed by atoms with van der Waals surface area (Å²) in [6, 6.07) is 0. The predicted octanol–water partition coefficient (Wildman–Crippen LogP) is 12.9. The Kier molecular flexibility index (Phi) is 114. The summed E-state index contributed by atoms with van der Waals surface area (Å²) in [4.78, 5) is 99.3. The van der Waals surface area contributed by atoms with Crippen molar-refractivity contribution >= 4 is 133 Å². The molecule has 0 radical (unpaired) electrons. The molecule has 0 fully saturated rings. The van der Waals surface area contributed by atoms with Crippen LogP contribution in [0.4, 0.5) is 0 Å². The number of aliphatic hydroxyl groups excluding tert-OH is 3. The first-order chi connectivity index (χ1) is 56.2. The maximum atomic E-state index is 11.5. The number of aliphatic carboxylic acids is 3. The van der Waals surface area contributed by atoms with Crippen molar-refractivity contribution in [2.24, 2.45) is 0 Å². The van der Waals surface area contributed by atoms with E-state index in [1.54, 1.807) is 49.0 Å². The van der Waals surface area contributed by atoms with E-state index in [-0.39, 0.29) is 124 Å². The lowest BCUT2D eigenvalue weighted by Crippen LogP contribution is -2.13. The molecular formula is C78H156O33P6S3. The normalized spacial score (nSPS) is 12.0. The number of Topliss-reactive ketones (excluding diaryl/α,β-unsaturated/α-hetero) is 3. The van der Waals surface area contributed by atoms with Crippen LogP contribution < -0.4 is 0 Å². The van der Waals surface area contributed by atoms with E-state index in [4.69, 9.17) is 111 Å². The van der Waals surface area contributed by atoms with Gasteiger partial charge in [0.15, 0.2) is 0 Å². The molecule has 0 rings (SSSR count). The van der Waals surface area contributed by atoms with Crippen molar-refractivity contribution in [1.29, 1.82) is 0 Å². The Morgan fingerprint density at radius 2 is 0.567 bits per heavy atom. The number of hydrogen-bond donors (Lipinski definition) is 6. The Hall–Kier alpha value is -3.09. The molecule has 33 nitrogen and oxygen atoms in total. The molecule has 0 aromatic heterocycles. The molecular weight excluding hydrogens is 1750 g/mol. The molecule has 0 saturated carbocycles. The fraction of sp³-hybridized carbons (Fsp3) is 0.885. The lowest BCUT2D eigenvalue weighted by atomic mass is 10.2. The van der Waals surface area contributed by atoms with Crippen molar-refractivity contribution in [3.05, 3.63) is 0 Å². The molecule has 0 aliphatic heterocycles. The van der Waals surface area contributed by atoms with Gasteiger partial charge in [-0.05, 0) is 281 Å². The average Bonchev–Trinajstić information content (AvgIpc) is 0.956. The van der Waals surface area contributed by atoms with Crippen LogP contribution >= 0.6 is 47.5 Å². The maximum absolute atomic E-state index is 11.5. The standard InChI is InChI=1S/C19H35O5P.C16H29O5P.C13H23O5P.C13H29O3P.C10H23O3P.C7H17O3P.3O3S/c1-16(2)24-19(23)12-6-9-15-25(13-7-4-10-17(3)20)14-8-5-11-18(21)22;1-13(2)21-16(20)9-6-12-22(10-4-7-14(3)17)11-5-8-15(18)19;1-10(2)18-13(17)6-9-19(7-4-11(3)14)8-5-12(15)16;1-13(2)16-9-6-12-17(10-4-7-14)11-5-8-15-3;1-10(2)13-6-9-14(7-4-11)8-5-12-3;1-7(2)10-6-11(4-8)5-9-3;3*1-4(2)3/h16H,4-15H2,1-3H3,(H,21,22);13H,4-12H2,1-3H3,(H,18,19);10H,4-9H2,1-3H3,(H,15,16);13-14H,4-12H2,1-3H3;10-11H,4-9H2,1-3H3;7-8H,4-6H2,1-3H3;;;. The van der Waals surface area contributed by atoms with Crippen molar-refractivity contribution in [2.45, 2.75) is 275 Å². The van der Waals surface area contributed by atoms with Gasteiger partial charge in [0, 0.05) is 106 Å². The smallest absolute Gasteiger partial charge is 0.425 e. The summed E-state index contributed by atoms with van der Waals surface area (Å²) in [6.45, 7) is 31.9. The van der Waals surface area contributed by atoms with Crippen molar-refractivity contribution < 1.29 is 154 Å². The van der Waals surface area contributed by atoms with Gasteiger partial charge in [-0.1, -0.05) is 7.92 Å². The minimum Gasteiger partial charge on any atom is -0.481 e. The molecule has 0 aliphatic rings. The fourth-order valence-corrected chi connectivity index (χ4v) is 22.3. The second kappa shape index (κ2) is 101. The van der Waals surface area contributed by atoms with Crippen LogP contribution in [0, 0.1) is 0 Å². The molecule has 714 valence electrons. The number of carbonyl (C=O) groups excluding carboxylic acids is 6. The molecule has 6 atom stereocenters. The molecule has 0 bridgehead atoms. The number of carboxylic acids is 3. The molecule has 0 aromatic rings. The third-order valence-electron chi connectivity index (χ3n) is 14.9. The van der Waals surface area contributed by atoms with Crippen molar-refractivity contribution in [2.75, 3.05) is 172 Å². The van der Waals surface area contributed by atoms with E-state index in [0.717, 1.165) is 153 Å². The monoisotopic (exact) mass is 1900 g/mol. The number of methoxy groups -OCH3 is 3. The molecule has 42 heteroatoms. The van der Waals surface area contributed by atoms with Gasteiger partial charge in [0.05, 0.1) is 68.9 Å². The predicted molar refractivity (Wildman–Crippen MR) is 479 cm³/mol. The zero-order chi connectivity index (χ0) is 94.0. The van der Waals surface area contributed by atoms with Crippen LogP contribution in [0.15, 0.2) is 0 Å². The summed E-state index contributed by atoms with van der Waals surface area (Å²) in [5.74, 6) is -2.32. The zero-order valence-corrected chi connectivity index (χ0v) is 83.2. The number of rotatable bonds is 66. The highest BCUT2D eigenvalue weighted by atomic mass is 32.2. The third kappa shape index (κ3) is 144. The number of ketones is 3. The summed E-state index contributed by atoms with van der Waals surface area (Å²) in [7, 11) is -5.73. The summed E-state index contributed by atoms with van der Waals surface area (Å²) < 4.78 is 123. The molecule has 0 amide bonds. The van der Waals surface area contributed by atoms with E-state index in [9.17, 15) is 43.2 Å². The van der Waals surface area contributed by atoms with Gasteiger partial charge in [-0.3, -0.25) is 28.8 Å². The highest BCUT2D eigenvalue weighted by Crippen LogP contribution is 2.42. The van der Waals surface area contributed by atoms with Crippen LogP contribution in [-0.2, 0) is 118 Å². The van der Waals surface area contributed by atoms with E-state index >= 15 is 0 Å². The number of esters is 3. The van der Waals surface area contributed by atoms with Gasteiger partial charge in [-0.2, -0.15) is 0 Å². The molecule has 0 aliphatic carbocycles. The summed E-state index contributed by atoms with van der Waals surface area (Å²) >= 11 is 0. The van der Waals surface area contributed by atoms with Crippen LogP contribution in [0.5, 0.6) is 0 Å². The Bertz CT molecular complexity index is 2690. The van der Waals surface area contributed by atoms with Crippen LogP contribution in [0.3, 0.4) is 0 Å². The van der Waals surface area contributed by atoms with E-state index in [0.29, 0.717) is 94.9 Å². The summed E-state index contributed by atoms with van der Waals surface area (Å²) in [5, 5.41) is 52.7. The van der Waals surface area contributed by atoms with Gasteiger partial charge in [0.25, 0.3) is 0 Å². The number of aliphatic hydroxyl groups is 3. The van der Waals surface area contributed by atoms with Gasteiger partial charge in [-0.15, -0.1) is 69.6 Å². The van der Waals surface area contributed by atoms with E-state index < -0.39 is 65.6 Å². The van der Waals surface area contributed by atoms with Crippen LogP contribution in [0.1, 0.15) is 239 Å². The SMILES string of the molecule is CC(=O)CCCCP(CCCCC(=O)O)CCCCC(=O)OC(C)C.CC(=O)CCCP(CCCC(=O)O)CCCC(=O)OC(C)C.CC(=O)CCP(CCC(=O)O)CCC(=O)OC(C)C.COCCCP(CCCO)CCCOC(C)C.COCCP(CCO)CCOC(C)C.COCP(CO)COC(C)C.O=S(=O)=O.O=S(=O)=O.O=S(=O)=O. The number of ether oxygens (including phenoxy) is 9. The summed E-state index contributed by atoms with van der Waals surface area (Å²) in [6.07, 6.45) is 31.6. The largest absolute Gasteiger partial charge is 0.481 e. The molecule has 6 N–H and O–H groups in total. The number of carbonyl (C=O) groups is 9. The molecule has 0 spiro atoms. The number of carboxylic acid groups (broad SMARTS) is 3. The van der Waals surface area contributed by atoms with Gasteiger partial charge in [0.2, 0.25) is 0 Å². The molecule has 0 saturated heterocycles. The van der Waals surface area contributed by atoms with Gasteiger partial charge in [-0.25, -0.2) is 0 Å². The lowest BCUT2D eigenvalue weighted by Gasteiger charge is -2.17. The Morgan fingerprint density at radius 1 is 0.267 bits per heavy atom. The Labute approximate surface area is 730 Å². The molecule has 120 heavy (non-hydrogen) atoms. The Balaban J connectivity index is -0.000000173. The highest BCUT2D eigenvalue weighted by Gasteiger charge is 2.18. The van der Waals surface area contributed by atoms with Crippen LogP contribution in [0.25, 0.3) is 0 Å². The van der Waals surface area contributed by atoms with Gasteiger partial charge in [0.1, 0.15) is 17.3 Å². The van der Waals surface area contributed by atoms with Crippen LogP contribution in [-0.4, -0.2) is 331 Å². The fourth-order valence-electron chi connectivity index (χ4n) is 9.51. The second-order valence-electron chi connectivity index (χ2n) is 28.6. The maximum Gasteiger partial charge on any atom is 0.425 e. The lowest BCUT2D eigenvalue weighted by molar-refractivity contribution is -0.148.